The van der Waals surface area contributed by atoms with Crippen molar-refractivity contribution in [3.8, 4) is 0 Å². The molecular formula is C20H19N3O5S2. The molecule has 0 fully saturated rings. The van der Waals surface area contributed by atoms with Crippen LogP contribution in [0.25, 0.3) is 0 Å². The Bertz CT molecular complexity index is 1140. The molecule has 0 saturated carbocycles. The van der Waals surface area contributed by atoms with Gasteiger partial charge in [0.05, 0.1) is 29.2 Å². The first-order valence-corrected chi connectivity index (χ1v) is 11.3. The molecule has 0 spiro atoms. The molecule has 30 heavy (non-hydrogen) atoms. The number of aromatic nitrogens is 1. The van der Waals surface area contributed by atoms with Gasteiger partial charge in [-0.05, 0) is 37.3 Å². The molecule has 0 radical (unpaired) electrons. The minimum Gasteiger partial charge on any atom is -0.462 e. The molecule has 10 heteroatoms. The maximum absolute atomic E-state index is 12.3. The Morgan fingerprint density at radius 3 is 2.60 bits per heavy atom. The lowest BCUT2D eigenvalue weighted by molar-refractivity contribution is -0.115. The van der Waals surface area contributed by atoms with Crippen molar-refractivity contribution in [2.45, 2.75) is 18.2 Å². The normalized spacial score (nSPS) is 11.0. The number of hydrogen-bond acceptors (Lipinski definition) is 7. The van der Waals surface area contributed by atoms with Gasteiger partial charge in [-0.2, -0.15) is 0 Å². The number of benzene rings is 2. The van der Waals surface area contributed by atoms with Crippen molar-refractivity contribution in [1.82, 2.24) is 4.98 Å². The summed E-state index contributed by atoms with van der Waals surface area (Å²) in [6, 6.07) is 14.4. The van der Waals surface area contributed by atoms with Crippen molar-refractivity contribution >= 4 is 44.1 Å². The quantitative estimate of drug-likeness (QED) is 0.514. The molecule has 0 saturated heterocycles. The van der Waals surface area contributed by atoms with Crippen molar-refractivity contribution < 1.29 is 22.7 Å². The second kappa shape index (κ2) is 9.51. The second-order valence-electron chi connectivity index (χ2n) is 6.09. The van der Waals surface area contributed by atoms with Crippen molar-refractivity contribution in [2.24, 2.45) is 0 Å². The van der Waals surface area contributed by atoms with Gasteiger partial charge in [0.1, 0.15) is 0 Å². The smallest absolute Gasteiger partial charge is 0.338 e. The summed E-state index contributed by atoms with van der Waals surface area (Å²) in [5.74, 6) is -0.817. The third-order valence-electron chi connectivity index (χ3n) is 3.83. The SMILES string of the molecule is CCOC(=O)c1cccc(NC(=O)Cc2csc(NS(=O)(=O)c3ccccc3)n2)c1. The van der Waals surface area contributed by atoms with Gasteiger partial charge >= 0.3 is 5.97 Å². The highest BCUT2D eigenvalue weighted by Gasteiger charge is 2.16. The number of carbonyl (C=O) groups is 2. The van der Waals surface area contributed by atoms with Crippen LogP contribution < -0.4 is 10.0 Å². The number of sulfonamides is 1. The Morgan fingerprint density at radius 1 is 1.10 bits per heavy atom. The minimum absolute atomic E-state index is 0.0484. The highest BCUT2D eigenvalue weighted by Crippen LogP contribution is 2.21. The highest BCUT2D eigenvalue weighted by atomic mass is 32.2. The van der Waals surface area contributed by atoms with Crippen molar-refractivity contribution in [3.05, 3.63) is 71.2 Å². The zero-order chi connectivity index (χ0) is 21.6. The summed E-state index contributed by atoms with van der Waals surface area (Å²) in [7, 11) is -3.74. The van der Waals surface area contributed by atoms with Gasteiger partial charge in [-0.25, -0.2) is 18.2 Å². The summed E-state index contributed by atoms with van der Waals surface area (Å²) >= 11 is 1.09. The van der Waals surface area contributed by atoms with E-state index >= 15 is 0 Å². The molecule has 3 aromatic rings. The van der Waals surface area contributed by atoms with Crippen LogP contribution in [-0.4, -0.2) is 31.9 Å². The Labute approximate surface area is 178 Å². The molecule has 3 rings (SSSR count). The molecular weight excluding hydrogens is 426 g/mol. The lowest BCUT2D eigenvalue weighted by atomic mass is 10.2. The average molecular weight is 446 g/mol. The van der Waals surface area contributed by atoms with Crippen LogP contribution in [0.4, 0.5) is 10.8 Å². The van der Waals surface area contributed by atoms with Gasteiger partial charge in [0, 0.05) is 11.1 Å². The van der Waals surface area contributed by atoms with E-state index in [1.807, 2.05) is 0 Å². The van der Waals surface area contributed by atoms with Gasteiger partial charge in [0.25, 0.3) is 10.0 Å². The number of hydrogen-bond donors (Lipinski definition) is 2. The first kappa shape index (κ1) is 21.5. The van der Waals surface area contributed by atoms with E-state index in [9.17, 15) is 18.0 Å². The molecule has 0 aliphatic carbocycles. The predicted octanol–water partition coefficient (Wildman–Crippen LogP) is 3.30. The Hall–Kier alpha value is -3.24. The van der Waals surface area contributed by atoms with Gasteiger partial charge in [-0.1, -0.05) is 24.3 Å². The minimum atomic E-state index is -3.74. The molecule has 0 unspecified atom stereocenters. The number of carbonyl (C=O) groups excluding carboxylic acids is 2. The molecule has 0 aliphatic heterocycles. The number of nitrogens with zero attached hydrogens (tertiary/aromatic N) is 1. The largest absolute Gasteiger partial charge is 0.462 e. The van der Waals surface area contributed by atoms with Crippen LogP contribution in [0.5, 0.6) is 0 Å². The summed E-state index contributed by atoms with van der Waals surface area (Å²) in [5.41, 5.74) is 1.21. The van der Waals surface area contributed by atoms with E-state index in [1.54, 1.807) is 48.7 Å². The van der Waals surface area contributed by atoms with Gasteiger partial charge < -0.3 is 10.1 Å². The van der Waals surface area contributed by atoms with Crippen LogP contribution in [0.2, 0.25) is 0 Å². The summed E-state index contributed by atoms with van der Waals surface area (Å²) in [4.78, 5) is 28.4. The monoisotopic (exact) mass is 445 g/mol. The zero-order valence-corrected chi connectivity index (χ0v) is 17.6. The van der Waals surface area contributed by atoms with Crippen molar-refractivity contribution in [1.29, 1.82) is 0 Å². The molecule has 0 atom stereocenters. The Kier molecular flexibility index (Phi) is 6.80. The number of amides is 1. The standard InChI is InChI=1S/C20H19N3O5S2/c1-2-28-19(25)14-7-6-8-15(11-14)21-18(24)12-16-13-29-20(22-16)23-30(26,27)17-9-4-3-5-10-17/h3-11,13H,2,12H2,1H3,(H,21,24)(H,22,23). The Balaban J connectivity index is 1.62. The van der Waals surface area contributed by atoms with Gasteiger partial charge in [0.2, 0.25) is 5.91 Å². The van der Waals surface area contributed by atoms with E-state index in [-0.39, 0.29) is 29.0 Å². The number of anilines is 2. The van der Waals surface area contributed by atoms with E-state index in [2.05, 4.69) is 15.0 Å². The van der Waals surface area contributed by atoms with Crippen LogP contribution in [0, 0.1) is 0 Å². The lowest BCUT2D eigenvalue weighted by Crippen LogP contribution is -2.16. The van der Waals surface area contributed by atoms with E-state index in [0.717, 1.165) is 11.3 Å². The summed E-state index contributed by atoms with van der Waals surface area (Å²) < 4.78 is 32.0. The lowest BCUT2D eigenvalue weighted by Gasteiger charge is -2.07. The van der Waals surface area contributed by atoms with Crippen LogP contribution >= 0.6 is 11.3 Å². The number of thiazole rings is 1. The number of ether oxygens (including phenoxy) is 1. The summed E-state index contributed by atoms with van der Waals surface area (Å²) in [6.07, 6.45) is -0.0484. The molecule has 0 bridgehead atoms. The van der Waals surface area contributed by atoms with Gasteiger partial charge in [-0.3, -0.25) is 9.52 Å². The van der Waals surface area contributed by atoms with Crippen molar-refractivity contribution in [2.75, 3.05) is 16.6 Å². The average Bonchev–Trinajstić information content (AvgIpc) is 3.14. The van der Waals surface area contributed by atoms with Crippen LogP contribution in [-0.2, 0) is 26.0 Å². The molecule has 2 aromatic carbocycles. The topological polar surface area (TPSA) is 114 Å². The van der Waals surface area contributed by atoms with E-state index in [4.69, 9.17) is 4.74 Å². The van der Waals surface area contributed by atoms with E-state index in [0.29, 0.717) is 16.9 Å². The number of esters is 1. The molecule has 2 N–H and O–H groups in total. The summed E-state index contributed by atoms with van der Waals surface area (Å²) in [5, 5.41) is 4.47. The van der Waals surface area contributed by atoms with Gasteiger partial charge in [-0.15, -0.1) is 11.3 Å². The van der Waals surface area contributed by atoms with Crippen LogP contribution in [0.1, 0.15) is 23.0 Å². The third kappa shape index (κ3) is 5.65. The fourth-order valence-corrected chi connectivity index (χ4v) is 4.50. The third-order valence-corrected chi connectivity index (χ3v) is 6.12. The molecule has 1 aromatic heterocycles. The highest BCUT2D eigenvalue weighted by molar-refractivity contribution is 7.93. The maximum Gasteiger partial charge on any atom is 0.338 e. The first-order valence-electron chi connectivity index (χ1n) is 8.96. The number of nitrogens with one attached hydrogen (secondary N) is 2. The van der Waals surface area contributed by atoms with Crippen molar-refractivity contribution in [3.63, 3.8) is 0 Å². The second-order valence-corrected chi connectivity index (χ2v) is 8.63. The zero-order valence-electron chi connectivity index (χ0n) is 16.0. The van der Waals surface area contributed by atoms with E-state index < -0.39 is 16.0 Å². The molecule has 156 valence electrons. The Morgan fingerprint density at radius 2 is 1.87 bits per heavy atom. The predicted molar refractivity (Wildman–Crippen MR) is 114 cm³/mol. The molecule has 0 aliphatic rings. The molecule has 8 nitrogen and oxygen atoms in total. The van der Waals surface area contributed by atoms with E-state index in [1.165, 1.54) is 18.2 Å². The van der Waals surface area contributed by atoms with Crippen LogP contribution in [0.15, 0.2) is 64.9 Å². The van der Waals surface area contributed by atoms with Crippen LogP contribution in [0.3, 0.4) is 0 Å². The fraction of sp³-hybridized carbons (Fsp3) is 0.150. The van der Waals surface area contributed by atoms with Gasteiger partial charge in [0.15, 0.2) is 5.13 Å². The summed E-state index contributed by atoms with van der Waals surface area (Å²) in [6.45, 7) is 1.97. The maximum atomic E-state index is 12.3. The molecule has 1 amide bonds. The fourth-order valence-electron chi connectivity index (χ4n) is 2.52. The molecule has 1 heterocycles. The number of rotatable bonds is 8. The first-order chi connectivity index (χ1) is 14.4.